The van der Waals surface area contributed by atoms with Crippen molar-refractivity contribution in [2.24, 2.45) is 0 Å². The molecular formula is C20H24N6O. The summed E-state index contributed by atoms with van der Waals surface area (Å²) >= 11 is 0. The second-order valence-electron chi connectivity index (χ2n) is 7.30. The monoisotopic (exact) mass is 364 g/mol. The number of nitrogens with one attached hydrogen (secondary N) is 1. The van der Waals surface area contributed by atoms with Gasteiger partial charge in [0.05, 0.1) is 17.3 Å². The van der Waals surface area contributed by atoms with Crippen LogP contribution in [-0.4, -0.2) is 57.2 Å². The fourth-order valence-electron chi connectivity index (χ4n) is 3.45. The van der Waals surface area contributed by atoms with Crippen LogP contribution < -0.4 is 4.90 Å². The Bertz CT molecular complexity index is 972. The molecule has 1 fully saturated rings. The van der Waals surface area contributed by atoms with Crippen LogP contribution in [0.5, 0.6) is 0 Å². The number of aromatic nitrogens is 4. The quantitative estimate of drug-likeness (QED) is 0.773. The van der Waals surface area contributed by atoms with Crippen LogP contribution in [0.3, 0.4) is 0 Å². The molecule has 4 rings (SSSR count). The summed E-state index contributed by atoms with van der Waals surface area (Å²) in [6.45, 7) is 9.07. The van der Waals surface area contributed by atoms with Crippen LogP contribution in [0.4, 0.5) is 5.82 Å². The van der Waals surface area contributed by atoms with E-state index in [0.29, 0.717) is 24.6 Å². The van der Waals surface area contributed by atoms with E-state index in [1.165, 1.54) is 0 Å². The topological polar surface area (TPSA) is 78.0 Å². The van der Waals surface area contributed by atoms with Crippen molar-refractivity contribution >= 4 is 22.6 Å². The maximum atomic E-state index is 13.0. The van der Waals surface area contributed by atoms with Crippen LogP contribution in [0, 0.1) is 6.92 Å². The van der Waals surface area contributed by atoms with Gasteiger partial charge in [0.2, 0.25) is 0 Å². The second kappa shape index (κ2) is 6.98. The van der Waals surface area contributed by atoms with Crippen molar-refractivity contribution in [3.63, 3.8) is 0 Å². The first-order valence-corrected chi connectivity index (χ1v) is 9.35. The average Bonchev–Trinajstić information content (AvgIpc) is 3.16. The fourth-order valence-corrected chi connectivity index (χ4v) is 3.45. The lowest BCUT2D eigenvalue weighted by Crippen LogP contribution is -2.49. The molecule has 0 unspecified atom stereocenters. The summed E-state index contributed by atoms with van der Waals surface area (Å²) in [6, 6.07) is 7.74. The zero-order chi connectivity index (χ0) is 19.0. The van der Waals surface area contributed by atoms with Gasteiger partial charge in [-0.3, -0.25) is 9.89 Å². The number of benzene rings is 1. The number of para-hydroxylation sites is 1. The van der Waals surface area contributed by atoms with Gasteiger partial charge in [0.1, 0.15) is 11.6 Å². The molecule has 1 aliphatic heterocycles. The number of aromatic amines is 1. The first kappa shape index (κ1) is 17.5. The molecule has 1 aliphatic rings. The lowest BCUT2D eigenvalue weighted by molar-refractivity contribution is 0.0748. The van der Waals surface area contributed by atoms with Crippen molar-refractivity contribution < 1.29 is 4.79 Å². The molecule has 0 atom stereocenters. The number of aryl methyl sites for hydroxylation is 1. The third-order valence-corrected chi connectivity index (χ3v) is 4.97. The van der Waals surface area contributed by atoms with E-state index in [9.17, 15) is 4.79 Å². The van der Waals surface area contributed by atoms with E-state index in [1.807, 2.05) is 36.1 Å². The fraction of sp³-hybridized carbons (Fsp3) is 0.400. The lowest BCUT2D eigenvalue weighted by Gasteiger charge is -2.35. The van der Waals surface area contributed by atoms with Gasteiger partial charge in [0.25, 0.3) is 5.91 Å². The maximum Gasteiger partial charge on any atom is 0.256 e. The minimum atomic E-state index is 0.0474. The largest absolute Gasteiger partial charge is 0.353 e. The van der Waals surface area contributed by atoms with Crippen molar-refractivity contribution in [2.45, 2.75) is 26.7 Å². The van der Waals surface area contributed by atoms with Crippen LogP contribution >= 0.6 is 0 Å². The number of hydrogen-bond donors (Lipinski definition) is 1. The molecular weight excluding hydrogens is 340 g/mol. The second-order valence-corrected chi connectivity index (χ2v) is 7.30. The van der Waals surface area contributed by atoms with E-state index in [0.717, 1.165) is 41.3 Å². The molecule has 0 bridgehead atoms. The normalized spacial score (nSPS) is 15.0. The molecule has 1 saturated heterocycles. The van der Waals surface area contributed by atoms with Gasteiger partial charge >= 0.3 is 0 Å². The minimum absolute atomic E-state index is 0.0474. The van der Waals surface area contributed by atoms with Gasteiger partial charge in [0, 0.05) is 49.2 Å². The molecule has 0 spiro atoms. The van der Waals surface area contributed by atoms with E-state index < -0.39 is 0 Å². The Labute approximate surface area is 158 Å². The summed E-state index contributed by atoms with van der Waals surface area (Å²) in [5.74, 6) is 2.16. The third kappa shape index (κ3) is 3.37. The molecule has 1 amide bonds. The Morgan fingerprint density at radius 1 is 1.15 bits per heavy atom. The first-order valence-electron chi connectivity index (χ1n) is 9.35. The Morgan fingerprint density at radius 2 is 1.93 bits per heavy atom. The number of carbonyl (C=O) groups excluding carboxylic acids is 1. The highest BCUT2D eigenvalue weighted by atomic mass is 16.2. The van der Waals surface area contributed by atoms with Crippen molar-refractivity contribution in [3.05, 3.63) is 47.5 Å². The maximum absolute atomic E-state index is 13.0. The Kier molecular flexibility index (Phi) is 4.51. The highest BCUT2D eigenvalue weighted by Crippen LogP contribution is 2.21. The number of H-pyrrole nitrogens is 1. The third-order valence-electron chi connectivity index (χ3n) is 4.97. The van der Waals surface area contributed by atoms with Crippen LogP contribution in [0.25, 0.3) is 10.9 Å². The first-order chi connectivity index (χ1) is 13.0. The van der Waals surface area contributed by atoms with E-state index in [4.69, 9.17) is 4.98 Å². The summed E-state index contributed by atoms with van der Waals surface area (Å²) < 4.78 is 0. The number of carbonyl (C=O) groups is 1. The lowest BCUT2D eigenvalue weighted by atomic mass is 10.1. The van der Waals surface area contributed by atoms with Gasteiger partial charge in [-0.25, -0.2) is 9.97 Å². The predicted molar refractivity (Wildman–Crippen MR) is 105 cm³/mol. The smallest absolute Gasteiger partial charge is 0.256 e. The number of piperazine rings is 1. The summed E-state index contributed by atoms with van der Waals surface area (Å²) in [5.41, 5.74) is 2.46. The summed E-state index contributed by atoms with van der Waals surface area (Å²) in [7, 11) is 0. The van der Waals surface area contributed by atoms with Gasteiger partial charge in [-0.15, -0.1) is 0 Å². The number of anilines is 1. The van der Waals surface area contributed by atoms with E-state index >= 15 is 0 Å². The molecule has 3 aromatic rings. The average molecular weight is 364 g/mol. The molecule has 0 radical (unpaired) electrons. The SMILES string of the molecule is Cc1cc(N2CCN(C(=O)c3cccc4cn[nH]c34)CC2)nc(C(C)C)n1. The summed E-state index contributed by atoms with van der Waals surface area (Å²) in [6.07, 6.45) is 1.74. The number of rotatable bonds is 3. The van der Waals surface area contributed by atoms with Gasteiger partial charge in [0.15, 0.2) is 0 Å². The molecule has 27 heavy (non-hydrogen) atoms. The summed E-state index contributed by atoms with van der Waals surface area (Å²) in [5, 5.41) is 7.95. The zero-order valence-corrected chi connectivity index (χ0v) is 15.9. The Hall–Kier alpha value is -2.96. The van der Waals surface area contributed by atoms with Gasteiger partial charge in [-0.05, 0) is 13.0 Å². The van der Waals surface area contributed by atoms with E-state index in [-0.39, 0.29) is 5.91 Å². The highest BCUT2D eigenvalue weighted by molar-refractivity contribution is 6.05. The molecule has 0 aliphatic carbocycles. The number of fused-ring (bicyclic) bond motifs is 1. The standard InChI is InChI=1S/C20H24N6O/c1-13(2)19-22-14(3)11-17(23-19)25-7-9-26(10-8-25)20(27)16-6-4-5-15-12-21-24-18(15)16/h4-6,11-13H,7-10H2,1-3H3,(H,21,24). The Morgan fingerprint density at radius 3 is 2.67 bits per heavy atom. The number of amides is 1. The van der Waals surface area contributed by atoms with Crippen LogP contribution in [-0.2, 0) is 0 Å². The predicted octanol–water partition coefficient (Wildman–Crippen LogP) is 2.75. The molecule has 140 valence electrons. The van der Waals surface area contributed by atoms with Crippen LogP contribution in [0.2, 0.25) is 0 Å². The van der Waals surface area contributed by atoms with Gasteiger partial charge < -0.3 is 9.80 Å². The van der Waals surface area contributed by atoms with Crippen molar-refractivity contribution in [1.29, 1.82) is 0 Å². The number of nitrogens with zero attached hydrogens (tertiary/aromatic N) is 5. The van der Waals surface area contributed by atoms with Crippen LogP contribution in [0.1, 0.15) is 41.6 Å². The highest BCUT2D eigenvalue weighted by Gasteiger charge is 2.25. The summed E-state index contributed by atoms with van der Waals surface area (Å²) in [4.78, 5) is 26.4. The minimum Gasteiger partial charge on any atom is -0.353 e. The van der Waals surface area contributed by atoms with Crippen molar-refractivity contribution in [2.75, 3.05) is 31.1 Å². The molecule has 3 heterocycles. The van der Waals surface area contributed by atoms with Crippen molar-refractivity contribution in [3.8, 4) is 0 Å². The molecule has 1 N–H and O–H groups in total. The van der Waals surface area contributed by atoms with Gasteiger partial charge in [-0.1, -0.05) is 26.0 Å². The Balaban J connectivity index is 1.49. The van der Waals surface area contributed by atoms with Crippen molar-refractivity contribution in [1.82, 2.24) is 25.1 Å². The molecule has 2 aromatic heterocycles. The molecule has 1 aromatic carbocycles. The van der Waals surface area contributed by atoms with Crippen LogP contribution in [0.15, 0.2) is 30.5 Å². The zero-order valence-electron chi connectivity index (χ0n) is 15.9. The van der Waals surface area contributed by atoms with E-state index in [2.05, 4.69) is 33.9 Å². The molecule has 7 heteroatoms. The number of hydrogen-bond acceptors (Lipinski definition) is 5. The molecule has 0 saturated carbocycles. The van der Waals surface area contributed by atoms with E-state index in [1.54, 1.807) is 6.20 Å². The molecule has 7 nitrogen and oxygen atoms in total. The van der Waals surface area contributed by atoms with Gasteiger partial charge in [-0.2, -0.15) is 5.10 Å².